The molecule has 2 aliphatic rings. The average molecular weight is 406 g/mol. The normalized spacial score (nSPS) is 18.8. The Labute approximate surface area is 171 Å². The van der Waals surface area contributed by atoms with Crippen molar-refractivity contribution in [1.29, 1.82) is 0 Å². The van der Waals surface area contributed by atoms with Crippen LogP contribution in [0.25, 0.3) is 32.6 Å². The van der Waals surface area contributed by atoms with E-state index >= 15 is 0 Å². The van der Waals surface area contributed by atoms with Gasteiger partial charge in [0.2, 0.25) is 0 Å². The van der Waals surface area contributed by atoms with E-state index in [1.807, 2.05) is 11.4 Å². The summed E-state index contributed by atoms with van der Waals surface area (Å²) in [5, 5.41) is 1.93. The molecule has 3 aromatic heterocycles. The van der Waals surface area contributed by atoms with Gasteiger partial charge in [0.25, 0.3) is 5.56 Å². The van der Waals surface area contributed by atoms with Crippen molar-refractivity contribution in [2.75, 3.05) is 18.8 Å². The molecule has 6 nitrogen and oxygen atoms in total. The van der Waals surface area contributed by atoms with Crippen LogP contribution in [0.15, 0.2) is 34.4 Å². The molecule has 2 fully saturated rings. The number of benzene rings is 1. The lowest BCUT2D eigenvalue weighted by molar-refractivity contribution is 0.203. The zero-order valence-corrected chi connectivity index (χ0v) is 16.9. The highest BCUT2D eigenvalue weighted by atomic mass is 32.1. The fourth-order valence-corrected chi connectivity index (χ4v) is 5.52. The molecule has 0 spiro atoms. The highest BCUT2D eigenvalue weighted by molar-refractivity contribution is 7.17. The van der Waals surface area contributed by atoms with Crippen LogP contribution in [-0.2, 0) is 0 Å². The van der Waals surface area contributed by atoms with E-state index in [4.69, 9.17) is 5.73 Å². The minimum atomic E-state index is -0.208. The molecule has 7 heteroatoms. The number of H-pyrrole nitrogens is 2. The number of nitrogens with two attached hydrogens (primary N) is 1. The summed E-state index contributed by atoms with van der Waals surface area (Å²) >= 11 is 1.53. The molecule has 0 atom stereocenters. The summed E-state index contributed by atoms with van der Waals surface area (Å²) in [6.07, 6.45) is 5.19. The first-order chi connectivity index (χ1) is 14.2. The largest absolute Gasteiger partial charge is 0.397 e. The summed E-state index contributed by atoms with van der Waals surface area (Å²) in [5.74, 6) is 1.13. The average Bonchev–Trinajstić information content (AvgIpc) is 3.32. The number of imidazole rings is 1. The van der Waals surface area contributed by atoms with Crippen molar-refractivity contribution >= 4 is 38.3 Å². The van der Waals surface area contributed by atoms with E-state index in [0.29, 0.717) is 23.0 Å². The molecule has 0 unspecified atom stereocenters. The van der Waals surface area contributed by atoms with Crippen LogP contribution in [0.2, 0.25) is 0 Å². The topological polar surface area (TPSA) is 90.8 Å². The van der Waals surface area contributed by atoms with E-state index < -0.39 is 0 Å². The molecule has 4 heterocycles. The first-order valence-corrected chi connectivity index (χ1v) is 11.2. The molecule has 1 saturated carbocycles. The van der Waals surface area contributed by atoms with E-state index in [-0.39, 0.29) is 5.56 Å². The van der Waals surface area contributed by atoms with Gasteiger partial charge in [0.05, 0.1) is 26.9 Å². The second-order valence-corrected chi connectivity index (χ2v) is 9.23. The number of hydrogen-bond donors (Lipinski definition) is 3. The summed E-state index contributed by atoms with van der Waals surface area (Å²) in [6, 6.07) is 9.20. The number of pyridine rings is 1. The maximum absolute atomic E-state index is 12.6. The molecule has 0 bridgehead atoms. The number of fused-ring (bicyclic) bond motifs is 2. The van der Waals surface area contributed by atoms with Crippen LogP contribution < -0.4 is 11.3 Å². The molecule has 0 amide bonds. The predicted molar refractivity (Wildman–Crippen MR) is 119 cm³/mol. The number of aromatic nitrogens is 3. The number of nitrogens with one attached hydrogen (secondary N) is 2. The van der Waals surface area contributed by atoms with Gasteiger partial charge in [-0.1, -0.05) is 6.07 Å². The molecule has 1 aliphatic heterocycles. The maximum atomic E-state index is 12.6. The number of likely N-dealkylation sites (tertiary alicyclic amines) is 1. The van der Waals surface area contributed by atoms with Gasteiger partial charge in [-0.05, 0) is 73.8 Å². The number of piperidine rings is 1. The summed E-state index contributed by atoms with van der Waals surface area (Å²) in [7, 11) is 0. The van der Waals surface area contributed by atoms with Crippen LogP contribution in [0.3, 0.4) is 0 Å². The van der Waals surface area contributed by atoms with Crippen molar-refractivity contribution in [2.45, 2.75) is 37.6 Å². The van der Waals surface area contributed by atoms with Gasteiger partial charge >= 0.3 is 0 Å². The Bertz CT molecular complexity index is 1270. The quantitative estimate of drug-likeness (QED) is 0.479. The minimum absolute atomic E-state index is 0.208. The highest BCUT2D eigenvalue weighted by Crippen LogP contribution is 2.36. The fraction of sp³-hybridized carbons (Fsp3) is 0.364. The van der Waals surface area contributed by atoms with E-state index in [0.717, 1.165) is 27.3 Å². The van der Waals surface area contributed by atoms with Crippen molar-refractivity contribution in [3.8, 4) is 11.4 Å². The second kappa shape index (κ2) is 6.43. The lowest BCUT2D eigenvalue weighted by Gasteiger charge is -2.32. The lowest BCUT2D eigenvalue weighted by atomic mass is 9.89. The highest BCUT2D eigenvalue weighted by Gasteiger charge is 2.32. The third-order valence-corrected chi connectivity index (χ3v) is 7.41. The van der Waals surface area contributed by atoms with Gasteiger partial charge in [-0.15, -0.1) is 11.3 Å². The zero-order chi connectivity index (χ0) is 19.5. The zero-order valence-electron chi connectivity index (χ0n) is 16.1. The molecular weight excluding hydrogens is 382 g/mol. The van der Waals surface area contributed by atoms with E-state index in [1.165, 1.54) is 55.7 Å². The van der Waals surface area contributed by atoms with Gasteiger partial charge in [0.1, 0.15) is 11.4 Å². The van der Waals surface area contributed by atoms with Crippen molar-refractivity contribution in [1.82, 2.24) is 19.9 Å². The molecule has 29 heavy (non-hydrogen) atoms. The Morgan fingerprint density at radius 3 is 2.69 bits per heavy atom. The van der Waals surface area contributed by atoms with Gasteiger partial charge in [0, 0.05) is 6.04 Å². The third kappa shape index (κ3) is 2.88. The van der Waals surface area contributed by atoms with Gasteiger partial charge in [-0.2, -0.15) is 0 Å². The Morgan fingerprint density at radius 2 is 1.90 bits per heavy atom. The monoisotopic (exact) mass is 405 g/mol. The second-order valence-electron chi connectivity index (χ2n) is 8.31. The first-order valence-electron chi connectivity index (χ1n) is 10.3. The van der Waals surface area contributed by atoms with Crippen molar-refractivity contribution in [3.63, 3.8) is 0 Å². The smallest absolute Gasteiger partial charge is 0.261 e. The Morgan fingerprint density at radius 1 is 1.07 bits per heavy atom. The van der Waals surface area contributed by atoms with Gasteiger partial charge in [-0.25, -0.2) is 4.98 Å². The summed E-state index contributed by atoms with van der Waals surface area (Å²) in [4.78, 5) is 26.2. The van der Waals surface area contributed by atoms with Crippen molar-refractivity contribution < 1.29 is 0 Å². The van der Waals surface area contributed by atoms with Crippen molar-refractivity contribution in [2.24, 2.45) is 0 Å². The molecule has 148 valence electrons. The standard InChI is InChI=1S/C22H23N5OS/c23-19-18(22(28)26-16-7-10-29-20(16)19)21-24-15-4-1-13(11-17(15)25-21)12-5-8-27(9-6-12)14-2-3-14/h1,4,7,10-12,14H,2-3,5-6,8-9H2,(H,24,25)(H3,23,26,28). The number of nitrogen functional groups attached to an aromatic ring is 1. The first kappa shape index (κ1) is 17.2. The molecule has 1 aromatic carbocycles. The van der Waals surface area contributed by atoms with E-state index in [1.54, 1.807) is 0 Å². The van der Waals surface area contributed by atoms with E-state index in [2.05, 4.69) is 38.1 Å². The molecule has 6 rings (SSSR count). The number of anilines is 1. The Hall–Kier alpha value is -2.64. The maximum Gasteiger partial charge on any atom is 0.261 e. The minimum Gasteiger partial charge on any atom is -0.397 e. The summed E-state index contributed by atoms with van der Waals surface area (Å²) in [5.41, 5.74) is 11.0. The lowest BCUT2D eigenvalue weighted by Crippen LogP contribution is -2.34. The molecule has 4 aromatic rings. The number of hydrogen-bond acceptors (Lipinski definition) is 5. The molecule has 1 saturated heterocycles. The predicted octanol–water partition coefficient (Wildman–Crippen LogP) is 4.06. The van der Waals surface area contributed by atoms with Crippen LogP contribution in [0, 0.1) is 0 Å². The Balaban J connectivity index is 1.35. The fourth-order valence-electron chi connectivity index (χ4n) is 4.71. The SMILES string of the molecule is Nc1c(-c2nc3ccc(C4CCN(C5CC5)CC4)cc3[nH]2)c(=O)[nH]c2ccsc12. The number of rotatable bonds is 3. The van der Waals surface area contributed by atoms with Crippen LogP contribution >= 0.6 is 11.3 Å². The van der Waals surface area contributed by atoms with Crippen molar-refractivity contribution in [3.05, 3.63) is 45.6 Å². The molecular formula is C22H23N5OS. The van der Waals surface area contributed by atoms with Gasteiger partial charge in [0.15, 0.2) is 0 Å². The number of thiophene rings is 1. The number of nitrogens with zero attached hydrogens (tertiary/aromatic N) is 2. The van der Waals surface area contributed by atoms with Crippen LogP contribution in [-0.4, -0.2) is 39.0 Å². The van der Waals surface area contributed by atoms with Crippen LogP contribution in [0.1, 0.15) is 37.2 Å². The van der Waals surface area contributed by atoms with E-state index in [9.17, 15) is 4.79 Å². The molecule has 4 N–H and O–H groups in total. The Kier molecular flexibility index (Phi) is 3.82. The van der Waals surface area contributed by atoms with Crippen LogP contribution in [0.5, 0.6) is 0 Å². The summed E-state index contributed by atoms with van der Waals surface area (Å²) in [6.45, 7) is 2.41. The summed E-state index contributed by atoms with van der Waals surface area (Å²) < 4.78 is 0.892. The molecule has 1 aliphatic carbocycles. The molecule has 0 radical (unpaired) electrons. The van der Waals surface area contributed by atoms with Crippen LogP contribution in [0.4, 0.5) is 5.69 Å². The third-order valence-electron chi connectivity index (χ3n) is 6.46. The van der Waals surface area contributed by atoms with Gasteiger partial charge in [-0.3, -0.25) is 4.79 Å². The number of aromatic amines is 2. The van der Waals surface area contributed by atoms with Gasteiger partial charge < -0.3 is 20.6 Å².